The van der Waals surface area contributed by atoms with Crippen LogP contribution in [0, 0.1) is 5.92 Å². The lowest BCUT2D eigenvalue weighted by molar-refractivity contribution is 0.432. The van der Waals surface area contributed by atoms with Gasteiger partial charge in [-0.1, -0.05) is 20.8 Å². The largest absolute Gasteiger partial charge is 0.314 e. The fourth-order valence-electron chi connectivity index (χ4n) is 2.25. The molecule has 1 aliphatic carbocycles. The van der Waals surface area contributed by atoms with Gasteiger partial charge in [-0.05, 0) is 43.9 Å². The number of thioether (sulfide) groups is 1. The van der Waals surface area contributed by atoms with Crippen LogP contribution in [-0.2, 0) is 0 Å². The van der Waals surface area contributed by atoms with E-state index in [1.54, 1.807) is 0 Å². The number of hydrogen-bond donors (Lipinski definition) is 1. The van der Waals surface area contributed by atoms with E-state index in [1.807, 2.05) is 0 Å². The van der Waals surface area contributed by atoms with Crippen LogP contribution in [0.2, 0.25) is 0 Å². The van der Waals surface area contributed by atoms with Crippen molar-refractivity contribution in [2.45, 2.75) is 57.7 Å². The van der Waals surface area contributed by atoms with E-state index in [-0.39, 0.29) is 0 Å². The first kappa shape index (κ1) is 12.4. The zero-order valence-corrected chi connectivity index (χ0v) is 10.7. The smallest absolute Gasteiger partial charge is 0.0104 e. The predicted molar refractivity (Wildman–Crippen MR) is 67.0 cm³/mol. The van der Waals surface area contributed by atoms with Crippen LogP contribution in [0.4, 0.5) is 0 Å². The quantitative estimate of drug-likeness (QED) is 0.729. The molecule has 1 nitrogen and oxygen atoms in total. The molecule has 3 atom stereocenters. The molecule has 0 amide bonds. The maximum atomic E-state index is 3.67. The molecule has 0 saturated heterocycles. The Morgan fingerprint density at radius 2 is 2.00 bits per heavy atom. The molecule has 1 rings (SSSR count). The standard InChI is InChI=1S/C12H25NS/c1-4-8-13-11-6-7-12(10(11)3)14-9-5-2/h10-13H,4-9H2,1-3H3. The van der Waals surface area contributed by atoms with E-state index in [0.717, 1.165) is 17.2 Å². The van der Waals surface area contributed by atoms with Crippen molar-refractivity contribution in [3.05, 3.63) is 0 Å². The van der Waals surface area contributed by atoms with Crippen molar-refractivity contribution < 1.29 is 0 Å². The Labute approximate surface area is 93.4 Å². The van der Waals surface area contributed by atoms with Crippen LogP contribution < -0.4 is 5.32 Å². The molecular weight excluding hydrogens is 190 g/mol. The van der Waals surface area contributed by atoms with Gasteiger partial charge in [0.25, 0.3) is 0 Å². The van der Waals surface area contributed by atoms with Gasteiger partial charge in [-0.25, -0.2) is 0 Å². The summed E-state index contributed by atoms with van der Waals surface area (Å²) < 4.78 is 0. The summed E-state index contributed by atoms with van der Waals surface area (Å²) >= 11 is 2.19. The van der Waals surface area contributed by atoms with Crippen LogP contribution in [0.1, 0.15) is 46.5 Å². The first-order valence-corrected chi connectivity index (χ1v) is 7.19. The van der Waals surface area contributed by atoms with Crippen LogP contribution in [0.25, 0.3) is 0 Å². The summed E-state index contributed by atoms with van der Waals surface area (Å²) in [7, 11) is 0. The van der Waals surface area contributed by atoms with Crippen LogP contribution in [-0.4, -0.2) is 23.6 Å². The summed E-state index contributed by atoms with van der Waals surface area (Å²) in [6.07, 6.45) is 5.40. The highest BCUT2D eigenvalue weighted by Gasteiger charge is 2.31. The van der Waals surface area contributed by atoms with Gasteiger partial charge in [-0.15, -0.1) is 0 Å². The van der Waals surface area contributed by atoms with Crippen molar-refractivity contribution in [1.82, 2.24) is 5.32 Å². The number of nitrogens with one attached hydrogen (secondary N) is 1. The Balaban J connectivity index is 2.24. The first-order valence-electron chi connectivity index (χ1n) is 6.14. The summed E-state index contributed by atoms with van der Waals surface area (Å²) in [4.78, 5) is 0. The highest BCUT2D eigenvalue weighted by Crippen LogP contribution is 2.35. The Morgan fingerprint density at radius 3 is 2.64 bits per heavy atom. The Morgan fingerprint density at radius 1 is 1.21 bits per heavy atom. The van der Waals surface area contributed by atoms with Crippen LogP contribution in [0.5, 0.6) is 0 Å². The molecule has 0 aromatic heterocycles. The van der Waals surface area contributed by atoms with E-state index in [0.29, 0.717) is 0 Å². The molecule has 1 aliphatic rings. The molecular formula is C12H25NS. The molecule has 0 heterocycles. The molecule has 0 spiro atoms. The average molecular weight is 215 g/mol. The number of hydrogen-bond acceptors (Lipinski definition) is 2. The summed E-state index contributed by atoms with van der Waals surface area (Å²) in [5.74, 6) is 2.22. The van der Waals surface area contributed by atoms with E-state index in [2.05, 4.69) is 37.8 Å². The van der Waals surface area contributed by atoms with Crippen LogP contribution in [0.3, 0.4) is 0 Å². The number of rotatable bonds is 6. The SMILES string of the molecule is CCCNC1CCC(SCCC)C1C. The van der Waals surface area contributed by atoms with Gasteiger partial charge in [-0.2, -0.15) is 11.8 Å². The molecule has 2 heteroatoms. The maximum Gasteiger partial charge on any atom is 0.0104 e. The Bertz CT molecular complexity index is 133. The Hall–Kier alpha value is 0.310. The van der Waals surface area contributed by atoms with E-state index < -0.39 is 0 Å². The minimum absolute atomic E-state index is 0.796. The third kappa shape index (κ3) is 3.47. The second-order valence-corrected chi connectivity index (χ2v) is 5.75. The average Bonchev–Trinajstić information content (AvgIpc) is 2.54. The molecule has 0 aromatic carbocycles. The topological polar surface area (TPSA) is 12.0 Å². The third-order valence-electron chi connectivity index (χ3n) is 3.18. The minimum Gasteiger partial charge on any atom is -0.314 e. The summed E-state index contributed by atoms with van der Waals surface area (Å²) in [5, 5.41) is 4.59. The van der Waals surface area contributed by atoms with E-state index in [1.165, 1.54) is 38.0 Å². The van der Waals surface area contributed by atoms with Gasteiger partial charge in [0, 0.05) is 11.3 Å². The predicted octanol–water partition coefficient (Wildman–Crippen LogP) is 3.30. The third-order valence-corrected chi connectivity index (χ3v) is 4.91. The van der Waals surface area contributed by atoms with Crippen molar-refractivity contribution in [1.29, 1.82) is 0 Å². The molecule has 1 fully saturated rings. The lowest BCUT2D eigenvalue weighted by Gasteiger charge is -2.21. The normalized spacial score (nSPS) is 32.4. The first-order chi connectivity index (χ1) is 6.79. The van der Waals surface area contributed by atoms with E-state index in [4.69, 9.17) is 0 Å². The zero-order valence-electron chi connectivity index (χ0n) is 9.88. The second kappa shape index (κ2) is 6.73. The maximum absolute atomic E-state index is 3.67. The van der Waals surface area contributed by atoms with E-state index in [9.17, 15) is 0 Å². The molecule has 14 heavy (non-hydrogen) atoms. The van der Waals surface area contributed by atoms with Gasteiger partial charge in [0.15, 0.2) is 0 Å². The van der Waals surface area contributed by atoms with Crippen LogP contribution in [0.15, 0.2) is 0 Å². The van der Waals surface area contributed by atoms with Gasteiger partial charge >= 0.3 is 0 Å². The molecule has 3 unspecified atom stereocenters. The molecule has 0 aliphatic heterocycles. The lowest BCUT2D eigenvalue weighted by atomic mass is 10.1. The Kier molecular flexibility index (Phi) is 5.95. The van der Waals surface area contributed by atoms with Gasteiger partial charge in [0.05, 0.1) is 0 Å². The highest BCUT2D eigenvalue weighted by molar-refractivity contribution is 7.99. The lowest BCUT2D eigenvalue weighted by Crippen LogP contribution is -2.33. The van der Waals surface area contributed by atoms with Crippen molar-refractivity contribution in [2.75, 3.05) is 12.3 Å². The summed E-state index contributed by atoms with van der Waals surface area (Å²) in [5.41, 5.74) is 0. The second-order valence-electron chi connectivity index (χ2n) is 4.41. The van der Waals surface area contributed by atoms with E-state index >= 15 is 0 Å². The summed E-state index contributed by atoms with van der Waals surface area (Å²) in [6, 6.07) is 0.796. The monoisotopic (exact) mass is 215 g/mol. The fraction of sp³-hybridized carbons (Fsp3) is 1.00. The van der Waals surface area contributed by atoms with Crippen molar-refractivity contribution in [3.63, 3.8) is 0 Å². The van der Waals surface area contributed by atoms with Crippen molar-refractivity contribution in [3.8, 4) is 0 Å². The van der Waals surface area contributed by atoms with Gasteiger partial charge in [-0.3, -0.25) is 0 Å². The molecule has 1 saturated carbocycles. The van der Waals surface area contributed by atoms with Crippen molar-refractivity contribution in [2.24, 2.45) is 5.92 Å². The molecule has 0 bridgehead atoms. The molecule has 0 radical (unpaired) electrons. The van der Waals surface area contributed by atoms with Gasteiger partial charge < -0.3 is 5.32 Å². The highest BCUT2D eigenvalue weighted by atomic mass is 32.2. The minimum atomic E-state index is 0.796. The summed E-state index contributed by atoms with van der Waals surface area (Å²) in [6.45, 7) is 8.14. The fourth-order valence-corrected chi connectivity index (χ4v) is 3.59. The van der Waals surface area contributed by atoms with Gasteiger partial charge in [0.2, 0.25) is 0 Å². The molecule has 0 aromatic rings. The van der Waals surface area contributed by atoms with Crippen LogP contribution >= 0.6 is 11.8 Å². The van der Waals surface area contributed by atoms with Gasteiger partial charge in [0.1, 0.15) is 0 Å². The molecule has 1 N–H and O–H groups in total. The zero-order chi connectivity index (χ0) is 10.4. The van der Waals surface area contributed by atoms with Crippen molar-refractivity contribution >= 4 is 11.8 Å². The molecule has 84 valence electrons.